The van der Waals surface area contributed by atoms with Crippen molar-refractivity contribution in [2.45, 2.75) is 26.4 Å². The summed E-state index contributed by atoms with van der Waals surface area (Å²) in [6, 6.07) is 6.33. The fourth-order valence-corrected chi connectivity index (χ4v) is 3.85. The van der Waals surface area contributed by atoms with E-state index in [1.807, 2.05) is 18.7 Å². The number of rotatable bonds is 7. The van der Waals surface area contributed by atoms with Crippen LogP contribution in [0.2, 0.25) is 0 Å². The lowest BCUT2D eigenvalue weighted by atomic mass is 10.2. The summed E-state index contributed by atoms with van der Waals surface area (Å²) in [5, 5.41) is 8.58. The number of nitrogens with one attached hydrogen (secondary N) is 2. The number of hydrogen-bond acceptors (Lipinski definition) is 6. The molecule has 0 spiro atoms. The van der Waals surface area contributed by atoms with Crippen molar-refractivity contribution in [2.75, 3.05) is 38.0 Å². The summed E-state index contributed by atoms with van der Waals surface area (Å²) in [7, 11) is 0. The second-order valence-corrected chi connectivity index (χ2v) is 8.17. The van der Waals surface area contributed by atoms with Gasteiger partial charge in [0, 0.05) is 44.1 Å². The van der Waals surface area contributed by atoms with Gasteiger partial charge in [0.05, 0.1) is 6.54 Å². The number of hydrogen-bond donors (Lipinski definition) is 2. The maximum absolute atomic E-state index is 12.9. The third-order valence-corrected chi connectivity index (χ3v) is 5.34. The molecule has 0 bridgehead atoms. The fraction of sp³-hybridized carbons (Fsp3) is 0.450. The molecule has 1 saturated heterocycles. The molecule has 7 nitrogen and oxygen atoms in total. The van der Waals surface area contributed by atoms with Crippen molar-refractivity contribution in [3.05, 3.63) is 46.7 Å². The van der Waals surface area contributed by atoms with Crippen LogP contribution in [0.25, 0.3) is 0 Å². The zero-order valence-corrected chi connectivity index (χ0v) is 17.5. The van der Waals surface area contributed by atoms with E-state index in [1.165, 1.54) is 23.5 Å². The minimum atomic E-state index is -0.294. The first-order valence-corrected chi connectivity index (χ1v) is 10.5. The van der Waals surface area contributed by atoms with E-state index >= 15 is 0 Å². The van der Waals surface area contributed by atoms with Crippen LogP contribution in [0, 0.1) is 5.82 Å². The summed E-state index contributed by atoms with van der Waals surface area (Å²) in [6.07, 6.45) is 0. The van der Waals surface area contributed by atoms with Crippen molar-refractivity contribution in [1.82, 2.24) is 20.1 Å². The number of piperazine rings is 1. The molecule has 1 aliphatic heterocycles. The van der Waals surface area contributed by atoms with Gasteiger partial charge in [0.15, 0.2) is 5.13 Å². The molecule has 2 N–H and O–H groups in total. The minimum absolute atomic E-state index is 0.0709. The van der Waals surface area contributed by atoms with Crippen LogP contribution in [0.5, 0.6) is 0 Å². The third-order valence-electron chi connectivity index (χ3n) is 4.57. The quantitative estimate of drug-likeness (QED) is 0.719. The number of carbonyl (C=O) groups excluding carboxylic acids is 2. The van der Waals surface area contributed by atoms with E-state index in [1.54, 1.807) is 22.4 Å². The van der Waals surface area contributed by atoms with Crippen LogP contribution < -0.4 is 10.6 Å². The smallest absolute Gasteiger partial charge is 0.273 e. The van der Waals surface area contributed by atoms with Crippen LogP contribution in [0.3, 0.4) is 0 Å². The van der Waals surface area contributed by atoms with E-state index in [0.717, 1.165) is 10.7 Å². The van der Waals surface area contributed by atoms with E-state index in [9.17, 15) is 14.0 Å². The molecule has 0 aliphatic carbocycles. The highest BCUT2D eigenvalue weighted by Crippen LogP contribution is 2.18. The number of carbonyl (C=O) groups is 2. The first kappa shape index (κ1) is 21.2. The Balaban J connectivity index is 1.41. The zero-order chi connectivity index (χ0) is 20.8. The van der Waals surface area contributed by atoms with E-state index in [-0.39, 0.29) is 30.2 Å². The standard InChI is InChI=1S/C20H26FN5O2S/c1-14(2)23-20-24-17(13-29-20)19(28)26-9-7-25(8-10-26)12-18(27)22-11-15-3-5-16(21)6-4-15/h3-6,13-14H,7-12H2,1-2H3,(H,22,27)(H,23,24). The van der Waals surface area contributed by atoms with Crippen LogP contribution in [0.4, 0.5) is 9.52 Å². The van der Waals surface area contributed by atoms with E-state index in [4.69, 9.17) is 0 Å². The number of nitrogens with zero attached hydrogens (tertiary/aromatic N) is 3. The summed E-state index contributed by atoms with van der Waals surface area (Å²) >= 11 is 1.43. The highest BCUT2D eigenvalue weighted by atomic mass is 32.1. The Labute approximate surface area is 173 Å². The van der Waals surface area contributed by atoms with Crippen LogP contribution >= 0.6 is 11.3 Å². The number of amides is 2. The van der Waals surface area contributed by atoms with E-state index < -0.39 is 0 Å². The molecular formula is C20H26FN5O2S. The van der Waals surface area contributed by atoms with Crippen molar-refractivity contribution in [3.63, 3.8) is 0 Å². The summed E-state index contributed by atoms with van der Waals surface area (Å²) in [5.41, 5.74) is 1.31. The summed E-state index contributed by atoms with van der Waals surface area (Å²) in [6.45, 7) is 7.10. The Morgan fingerprint density at radius 1 is 1.17 bits per heavy atom. The number of anilines is 1. The van der Waals surface area contributed by atoms with Crippen LogP contribution in [0.1, 0.15) is 29.9 Å². The SMILES string of the molecule is CC(C)Nc1nc(C(=O)N2CCN(CC(=O)NCc3ccc(F)cc3)CC2)cs1. The molecule has 156 valence electrons. The first-order chi connectivity index (χ1) is 13.9. The summed E-state index contributed by atoms with van der Waals surface area (Å²) in [5.74, 6) is -0.450. The number of halogens is 1. The Hall–Kier alpha value is -2.52. The van der Waals surface area contributed by atoms with Gasteiger partial charge in [0.2, 0.25) is 5.91 Å². The average Bonchev–Trinajstić information content (AvgIpc) is 3.15. The van der Waals surface area contributed by atoms with Gasteiger partial charge in [-0.25, -0.2) is 9.37 Å². The van der Waals surface area contributed by atoms with Gasteiger partial charge in [-0.15, -0.1) is 11.3 Å². The maximum atomic E-state index is 12.9. The average molecular weight is 420 g/mol. The molecular weight excluding hydrogens is 393 g/mol. The molecule has 9 heteroatoms. The Morgan fingerprint density at radius 3 is 2.52 bits per heavy atom. The van der Waals surface area contributed by atoms with E-state index in [0.29, 0.717) is 38.4 Å². The van der Waals surface area contributed by atoms with Gasteiger partial charge < -0.3 is 15.5 Å². The topological polar surface area (TPSA) is 77.6 Å². The Morgan fingerprint density at radius 2 is 1.86 bits per heavy atom. The molecule has 1 aromatic heterocycles. The molecule has 29 heavy (non-hydrogen) atoms. The molecule has 2 heterocycles. The fourth-order valence-electron chi connectivity index (χ4n) is 3.02. The van der Waals surface area contributed by atoms with Gasteiger partial charge >= 0.3 is 0 Å². The lowest BCUT2D eigenvalue weighted by molar-refractivity contribution is -0.122. The molecule has 2 aromatic rings. The van der Waals surface area contributed by atoms with Gasteiger partial charge in [0.25, 0.3) is 5.91 Å². The second kappa shape index (κ2) is 9.80. The van der Waals surface area contributed by atoms with Crippen LogP contribution in [-0.4, -0.2) is 65.4 Å². The minimum Gasteiger partial charge on any atom is -0.359 e. The van der Waals surface area contributed by atoms with Crippen molar-refractivity contribution in [3.8, 4) is 0 Å². The molecule has 1 aliphatic rings. The summed E-state index contributed by atoms with van der Waals surface area (Å²) < 4.78 is 12.9. The van der Waals surface area contributed by atoms with Gasteiger partial charge in [-0.05, 0) is 31.5 Å². The monoisotopic (exact) mass is 419 g/mol. The van der Waals surface area contributed by atoms with Gasteiger partial charge in [-0.1, -0.05) is 12.1 Å². The first-order valence-electron chi connectivity index (χ1n) is 9.65. The van der Waals surface area contributed by atoms with E-state index in [2.05, 4.69) is 15.6 Å². The van der Waals surface area contributed by atoms with Crippen LogP contribution in [-0.2, 0) is 11.3 Å². The van der Waals surface area contributed by atoms with Crippen molar-refractivity contribution < 1.29 is 14.0 Å². The number of aromatic nitrogens is 1. The van der Waals surface area contributed by atoms with Crippen LogP contribution in [0.15, 0.2) is 29.6 Å². The maximum Gasteiger partial charge on any atom is 0.273 e. The molecule has 0 atom stereocenters. The third kappa shape index (κ3) is 6.23. The Kier molecular flexibility index (Phi) is 7.16. The van der Waals surface area contributed by atoms with Crippen molar-refractivity contribution in [1.29, 1.82) is 0 Å². The second-order valence-electron chi connectivity index (χ2n) is 7.31. The van der Waals surface area contributed by atoms with Gasteiger partial charge in [-0.3, -0.25) is 14.5 Å². The lowest BCUT2D eigenvalue weighted by Gasteiger charge is -2.33. The summed E-state index contributed by atoms with van der Waals surface area (Å²) in [4.78, 5) is 33.0. The molecule has 2 amide bonds. The number of thiazole rings is 1. The largest absolute Gasteiger partial charge is 0.359 e. The molecule has 1 aromatic carbocycles. The van der Waals surface area contributed by atoms with Gasteiger partial charge in [0.1, 0.15) is 11.5 Å². The van der Waals surface area contributed by atoms with Gasteiger partial charge in [-0.2, -0.15) is 0 Å². The Bertz CT molecular complexity index is 832. The molecule has 0 unspecified atom stereocenters. The zero-order valence-electron chi connectivity index (χ0n) is 16.7. The highest BCUT2D eigenvalue weighted by Gasteiger charge is 2.24. The molecule has 1 fully saturated rings. The predicted octanol–water partition coefficient (Wildman–Crippen LogP) is 2.18. The molecule has 0 saturated carbocycles. The predicted molar refractivity (Wildman–Crippen MR) is 111 cm³/mol. The van der Waals surface area contributed by atoms with Crippen molar-refractivity contribution >= 4 is 28.3 Å². The lowest BCUT2D eigenvalue weighted by Crippen LogP contribution is -2.51. The highest BCUT2D eigenvalue weighted by molar-refractivity contribution is 7.13. The molecule has 0 radical (unpaired) electrons. The normalized spacial score (nSPS) is 14.8. The molecule has 3 rings (SSSR count). The number of benzene rings is 1. The van der Waals surface area contributed by atoms with Crippen molar-refractivity contribution in [2.24, 2.45) is 0 Å².